The highest BCUT2D eigenvalue weighted by Crippen LogP contribution is 2.36. The van der Waals surface area contributed by atoms with Crippen molar-refractivity contribution in [3.63, 3.8) is 0 Å². The number of hydrogen-bond donors (Lipinski definition) is 0. The van der Waals surface area contributed by atoms with E-state index in [4.69, 9.17) is 28.2 Å². The fourth-order valence-electron chi connectivity index (χ4n) is 3.27. The van der Waals surface area contributed by atoms with Crippen molar-refractivity contribution in [1.29, 1.82) is 0 Å². The summed E-state index contributed by atoms with van der Waals surface area (Å²) < 4.78 is 24.1. The molecule has 2 aliphatic rings. The summed E-state index contributed by atoms with van der Waals surface area (Å²) in [6.45, 7) is 0. The normalized spacial score (nSPS) is 23.8. The van der Waals surface area contributed by atoms with E-state index in [2.05, 4.69) is 0 Å². The molecule has 0 saturated carbocycles. The van der Waals surface area contributed by atoms with Crippen LogP contribution in [-0.2, 0) is 15.6 Å². The Kier molecular flexibility index (Phi) is 4.94. The van der Waals surface area contributed by atoms with E-state index >= 15 is 0 Å². The van der Waals surface area contributed by atoms with Crippen LogP contribution in [0.25, 0.3) is 0 Å². The zero-order valence-corrected chi connectivity index (χ0v) is 16.8. The van der Waals surface area contributed by atoms with E-state index in [0.29, 0.717) is 10.0 Å². The molecule has 1 fully saturated rings. The van der Waals surface area contributed by atoms with Crippen LogP contribution >= 0.6 is 35.0 Å². The minimum absolute atomic E-state index is 0.118. The Balaban J connectivity index is 1.60. The van der Waals surface area contributed by atoms with Crippen molar-refractivity contribution >= 4 is 55.7 Å². The molecule has 26 heavy (non-hydrogen) atoms. The number of amidine groups is 1. The molecule has 0 amide bonds. The van der Waals surface area contributed by atoms with Crippen molar-refractivity contribution in [2.24, 2.45) is 4.99 Å². The van der Waals surface area contributed by atoms with Crippen molar-refractivity contribution in [1.82, 2.24) is 0 Å². The van der Waals surface area contributed by atoms with Crippen LogP contribution in [-0.4, -0.2) is 37.2 Å². The zero-order valence-electron chi connectivity index (χ0n) is 13.7. The van der Waals surface area contributed by atoms with Gasteiger partial charge in [-0.1, -0.05) is 47.1 Å². The Morgan fingerprint density at radius 2 is 1.62 bits per heavy atom. The second kappa shape index (κ2) is 7.08. The monoisotopic (exact) mass is 426 g/mol. The first-order valence-corrected chi connectivity index (χ1v) is 11.7. The summed E-state index contributed by atoms with van der Waals surface area (Å²) in [4.78, 5) is 6.77. The highest BCUT2D eigenvalue weighted by molar-refractivity contribution is 8.13. The van der Waals surface area contributed by atoms with Crippen LogP contribution in [0, 0.1) is 0 Å². The fourth-order valence-corrected chi connectivity index (χ4v) is 6.44. The number of nitrogens with zero attached hydrogens (tertiary/aromatic N) is 2. The lowest BCUT2D eigenvalue weighted by Crippen LogP contribution is -2.39. The van der Waals surface area contributed by atoms with E-state index in [0.717, 1.165) is 22.2 Å². The summed E-state index contributed by atoms with van der Waals surface area (Å²) in [7, 11) is -3.05. The van der Waals surface area contributed by atoms with Crippen LogP contribution in [0.5, 0.6) is 0 Å². The van der Waals surface area contributed by atoms with E-state index in [-0.39, 0.29) is 23.6 Å². The molecule has 0 aromatic heterocycles. The number of hydrogen-bond acceptors (Lipinski definition) is 5. The molecule has 8 heteroatoms. The number of anilines is 1. The van der Waals surface area contributed by atoms with Crippen LogP contribution in [0.1, 0.15) is 5.56 Å². The van der Waals surface area contributed by atoms with Gasteiger partial charge in [-0.05, 0) is 42.0 Å². The predicted octanol–water partition coefficient (Wildman–Crippen LogP) is 4.27. The minimum Gasteiger partial charge on any atom is -0.315 e. The van der Waals surface area contributed by atoms with Gasteiger partial charge in [-0.3, -0.25) is 4.99 Å². The van der Waals surface area contributed by atoms with E-state index < -0.39 is 9.84 Å². The summed E-state index contributed by atoms with van der Waals surface area (Å²) in [6, 6.07) is 14.8. The van der Waals surface area contributed by atoms with Crippen LogP contribution in [0.15, 0.2) is 53.5 Å². The van der Waals surface area contributed by atoms with Gasteiger partial charge in [-0.25, -0.2) is 8.42 Å². The van der Waals surface area contributed by atoms with Gasteiger partial charge in [-0.2, -0.15) is 0 Å². The number of fused-ring (bicyclic) bond motifs is 1. The SMILES string of the molecule is O=S1(=O)C[C@@H]2N=C(SCc3ccc(Cl)cc3)N(c3ccc(Cl)cc3)[C@H]2C1. The van der Waals surface area contributed by atoms with Crippen molar-refractivity contribution in [3.8, 4) is 0 Å². The minimum atomic E-state index is -3.05. The Morgan fingerprint density at radius 1 is 1.00 bits per heavy atom. The Hall–Kier alpha value is -1.21. The summed E-state index contributed by atoms with van der Waals surface area (Å²) in [5, 5.41) is 2.21. The lowest BCUT2D eigenvalue weighted by atomic mass is 10.1. The van der Waals surface area contributed by atoms with Gasteiger partial charge in [0.25, 0.3) is 0 Å². The molecule has 0 aliphatic carbocycles. The first-order valence-electron chi connectivity index (χ1n) is 8.11. The van der Waals surface area contributed by atoms with Crippen LogP contribution in [0.2, 0.25) is 10.0 Å². The third-order valence-electron chi connectivity index (χ3n) is 4.49. The fraction of sp³-hybridized carbons (Fsp3) is 0.278. The van der Waals surface area contributed by atoms with E-state index in [1.165, 1.54) is 0 Å². The molecular formula is C18H16Cl2N2O2S2. The molecule has 2 aromatic carbocycles. The predicted molar refractivity (Wildman–Crippen MR) is 110 cm³/mol. The molecule has 4 nitrogen and oxygen atoms in total. The molecule has 0 N–H and O–H groups in total. The zero-order chi connectivity index (χ0) is 18.3. The van der Waals surface area contributed by atoms with Gasteiger partial charge in [0.1, 0.15) is 0 Å². The van der Waals surface area contributed by atoms with Gasteiger partial charge in [-0.15, -0.1) is 0 Å². The number of aliphatic imine (C=N–C) groups is 1. The van der Waals surface area contributed by atoms with Gasteiger partial charge < -0.3 is 4.90 Å². The van der Waals surface area contributed by atoms with Crippen LogP contribution < -0.4 is 4.90 Å². The number of halogens is 2. The van der Waals surface area contributed by atoms with Crippen molar-refractivity contribution in [3.05, 3.63) is 64.1 Å². The molecule has 0 spiro atoms. The molecule has 4 rings (SSSR count). The van der Waals surface area contributed by atoms with Gasteiger partial charge in [0.2, 0.25) is 0 Å². The van der Waals surface area contributed by atoms with E-state index in [1.807, 2.05) is 53.4 Å². The molecular weight excluding hydrogens is 411 g/mol. The topological polar surface area (TPSA) is 49.7 Å². The summed E-state index contributed by atoms with van der Waals surface area (Å²) >= 11 is 13.6. The molecule has 136 valence electrons. The number of sulfone groups is 1. The van der Waals surface area contributed by atoms with Crippen molar-refractivity contribution < 1.29 is 8.42 Å². The second-order valence-electron chi connectivity index (χ2n) is 6.38. The van der Waals surface area contributed by atoms with E-state index in [1.54, 1.807) is 11.8 Å². The number of thioether (sulfide) groups is 1. The van der Waals surface area contributed by atoms with Crippen LogP contribution in [0.4, 0.5) is 5.69 Å². The summed E-state index contributed by atoms with van der Waals surface area (Å²) in [6.07, 6.45) is 0. The third kappa shape index (κ3) is 3.74. The maximum absolute atomic E-state index is 12.1. The standard InChI is InChI=1S/C18H16Cl2N2O2S2/c19-13-3-1-12(2-4-13)9-25-18-21-16-10-26(23,24)11-17(16)22(18)15-7-5-14(20)6-8-15/h1-8,16-17H,9-11H2/t16-,17-/m0/s1. The van der Waals surface area contributed by atoms with Gasteiger partial charge >= 0.3 is 0 Å². The van der Waals surface area contributed by atoms with Gasteiger partial charge in [0.15, 0.2) is 15.0 Å². The lowest BCUT2D eigenvalue weighted by Gasteiger charge is -2.26. The highest BCUT2D eigenvalue weighted by atomic mass is 35.5. The average molecular weight is 427 g/mol. The number of benzene rings is 2. The van der Waals surface area contributed by atoms with Gasteiger partial charge in [0.05, 0.1) is 23.6 Å². The van der Waals surface area contributed by atoms with Crippen LogP contribution in [0.3, 0.4) is 0 Å². The molecule has 0 radical (unpaired) electrons. The maximum Gasteiger partial charge on any atom is 0.164 e. The summed E-state index contributed by atoms with van der Waals surface area (Å²) in [5.74, 6) is 0.994. The molecule has 2 heterocycles. The lowest BCUT2D eigenvalue weighted by molar-refractivity contribution is 0.601. The molecule has 1 saturated heterocycles. The van der Waals surface area contributed by atoms with Crippen molar-refractivity contribution in [2.45, 2.75) is 17.8 Å². The van der Waals surface area contributed by atoms with Gasteiger partial charge in [0, 0.05) is 21.5 Å². The second-order valence-corrected chi connectivity index (χ2v) is 10.4. The largest absolute Gasteiger partial charge is 0.315 e. The quantitative estimate of drug-likeness (QED) is 0.734. The maximum atomic E-state index is 12.1. The molecule has 2 aromatic rings. The smallest absolute Gasteiger partial charge is 0.164 e. The molecule has 2 atom stereocenters. The first kappa shape index (κ1) is 18.2. The average Bonchev–Trinajstić information content (AvgIpc) is 3.06. The number of rotatable bonds is 3. The van der Waals surface area contributed by atoms with E-state index in [9.17, 15) is 8.42 Å². The Labute approximate surface area is 167 Å². The summed E-state index contributed by atoms with van der Waals surface area (Å²) in [5.41, 5.74) is 2.06. The highest BCUT2D eigenvalue weighted by Gasteiger charge is 2.47. The molecule has 0 bridgehead atoms. The molecule has 2 aliphatic heterocycles. The first-order chi connectivity index (χ1) is 12.4. The van der Waals surface area contributed by atoms with Crippen molar-refractivity contribution in [2.75, 3.05) is 16.4 Å². The molecule has 0 unspecified atom stereocenters. The Morgan fingerprint density at radius 3 is 2.27 bits per heavy atom. The third-order valence-corrected chi connectivity index (χ3v) is 7.73. The Bertz CT molecular complexity index is 944.